The van der Waals surface area contributed by atoms with E-state index in [2.05, 4.69) is 26.2 Å². The smallest absolute Gasteiger partial charge is 0.228 e. The van der Waals surface area contributed by atoms with Crippen molar-refractivity contribution in [1.82, 2.24) is 25.5 Å². The van der Waals surface area contributed by atoms with Gasteiger partial charge in [0.25, 0.3) is 0 Å². The lowest BCUT2D eigenvalue weighted by atomic mass is 9.99. The van der Waals surface area contributed by atoms with Crippen LogP contribution in [-0.4, -0.2) is 39.2 Å². The van der Waals surface area contributed by atoms with Crippen LogP contribution in [0.5, 0.6) is 0 Å². The van der Waals surface area contributed by atoms with Crippen LogP contribution in [0.25, 0.3) is 11.4 Å². The van der Waals surface area contributed by atoms with Gasteiger partial charge in [0.1, 0.15) is 0 Å². The lowest BCUT2D eigenvalue weighted by molar-refractivity contribution is -0.120. The van der Waals surface area contributed by atoms with Crippen molar-refractivity contribution in [3.63, 3.8) is 0 Å². The molecular weight excluding hydrogens is 268 g/mol. The SMILES string of the molecule is Cn1nnnc1-c1cccc(NC(=O)C2CCCNC2)c1. The van der Waals surface area contributed by atoms with Crippen LogP contribution >= 0.6 is 0 Å². The summed E-state index contributed by atoms with van der Waals surface area (Å²) in [5, 5.41) is 17.7. The summed E-state index contributed by atoms with van der Waals surface area (Å²) >= 11 is 0. The maximum Gasteiger partial charge on any atom is 0.228 e. The van der Waals surface area contributed by atoms with Crippen LogP contribution < -0.4 is 10.6 Å². The van der Waals surface area contributed by atoms with E-state index in [1.54, 1.807) is 11.7 Å². The van der Waals surface area contributed by atoms with E-state index < -0.39 is 0 Å². The number of piperidine rings is 1. The third kappa shape index (κ3) is 3.08. The quantitative estimate of drug-likeness (QED) is 0.872. The van der Waals surface area contributed by atoms with Gasteiger partial charge in [-0.2, -0.15) is 0 Å². The number of aryl methyl sites for hydroxylation is 1. The van der Waals surface area contributed by atoms with Crippen molar-refractivity contribution < 1.29 is 4.79 Å². The minimum absolute atomic E-state index is 0.0406. The maximum absolute atomic E-state index is 12.2. The average Bonchev–Trinajstić information content (AvgIpc) is 2.94. The van der Waals surface area contributed by atoms with Gasteiger partial charge in [0.15, 0.2) is 5.82 Å². The molecule has 0 bridgehead atoms. The molecule has 1 aliphatic heterocycles. The van der Waals surface area contributed by atoms with E-state index in [9.17, 15) is 4.79 Å². The number of anilines is 1. The molecule has 7 nitrogen and oxygen atoms in total. The molecule has 1 aliphatic rings. The Morgan fingerprint density at radius 3 is 3.10 bits per heavy atom. The largest absolute Gasteiger partial charge is 0.326 e. The van der Waals surface area contributed by atoms with Crippen LogP contribution in [0, 0.1) is 5.92 Å². The van der Waals surface area contributed by atoms with Gasteiger partial charge in [-0.25, -0.2) is 4.68 Å². The van der Waals surface area contributed by atoms with Gasteiger partial charge in [0.2, 0.25) is 5.91 Å². The monoisotopic (exact) mass is 286 g/mol. The van der Waals surface area contributed by atoms with Gasteiger partial charge in [0.05, 0.1) is 5.92 Å². The summed E-state index contributed by atoms with van der Waals surface area (Å²) in [6, 6.07) is 7.57. The molecule has 1 unspecified atom stereocenters. The molecule has 21 heavy (non-hydrogen) atoms. The number of tetrazole rings is 1. The molecule has 3 rings (SSSR count). The highest BCUT2D eigenvalue weighted by atomic mass is 16.1. The first-order valence-corrected chi connectivity index (χ1v) is 7.08. The Morgan fingerprint density at radius 2 is 2.38 bits per heavy atom. The van der Waals surface area contributed by atoms with E-state index in [0.717, 1.165) is 37.2 Å². The standard InChI is InChI=1S/C14H18N6O/c1-20-13(17-18-19-20)10-4-2-6-12(8-10)16-14(21)11-5-3-7-15-9-11/h2,4,6,8,11,15H,3,5,7,9H2,1H3,(H,16,21). The molecule has 2 N–H and O–H groups in total. The van der Waals surface area contributed by atoms with Crippen LogP contribution in [0.4, 0.5) is 5.69 Å². The molecule has 1 atom stereocenters. The zero-order valence-electron chi connectivity index (χ0n) is 11.9. The van der Waals surface area contributed by atoms with E-state index in [4.69, 9.17) is 0 Å². The fourth-order valence-corrected chi connectivity index (χ4v) is 2.53. The summed E-state index contributed by atoms with van der Waals surface area (Å²) in [4.78, 5) is 12.2. The van der Waals surface area contributed by atoms with Crippen molar-refractivity contribution in [3.05, 3.63) is 24.3 Å². The van der Waals surface area contributed by atoms with Crippen LogP contribution in [0.3, 0.4) is 0 Å². The van der Waals surface area contributed by atoms with Gasteiger partial charge in [-0.15, -0.1) is 5.10 Å². The molecule has 7 heteroatoms. The molecular formula is C14H18N6O. The highest BCUT2D eigenvalue weighted by Gasteiger charge is 2.21. The summed E-state index contributed by atoms with van der Waals surface area (Å²) < 4.78 is 1.60. The minimum Gasteiger partial charge on any atom is -0.326 e. The Kier molecular flexibility index (Phi) is 3.92. The van der Waals surface area contributed by atoms with E-state index in [1.165, 1.54) is 0 Å². The Bertz CT molecular complexity index is 632. The minimum atomic E-state index is 0.0406. The lowest BCUT2D eigenvalue weighted by Crippen LogP contribution is -2.37. The van der Waals surface area contributed by atoms with Gasteiger partial charge in [-0.3, -0.25) is 4.79 Å². The molecule has 0 aliphatic carbocycles. The van der Waals surface area contributed by atoms with Crippen LogP contribution in [0.15, 0.2) is 24.3 Å². The zero-order valence-corrected chi connectivity index (χ0v) is 11.9. The molecule has 0 saturated carbocycles. The summed E-state index contributed by atoms with van der Waals surface area (Å²) in [7, 11) is 1.79. The van der Waals surface area contributed by atoms with Gasteiger partial charge >= 0.3 is 0 Å². The van der Waals surface area contributed by atoms with E-state index in [0.29, 0.717) is 5.82 Å². The maximum atomic E-state index is 12.2. The van der Waals surface area contributed by atoms with E-state index in [1.807, 2.05) is 24.3 Å². The first kappa shape index (κ1) is 13.7. The number of carbonyl (C=O) groups excluding carboxylic acids is 1. The van der Waals surface area contributed by atoms with Gasteiger partial charge in [-0.05, 0) is 41.9 Å². The highest BCUT2D eigenvalue weighted by molar-refractivity contribution is 5.93. The molecule has 2 aromatic rings. The van der Waals surface area contributed by atoms with Crippen molar-refractivity contribution >= 4 is 11.6 Å². The molecule has 1 fully saturated rings. The number of hydrogen-bond donors (Lipinski definition) is 2. The van der Waals surface area contributed by atoms with Gasteiger partial charge in [0, 0.05) is 24.8 Å². The van der Waals surface area contributed by atoms with Crippen LogP contribution in [0.1, 0.15) is 12.8 Å². The molecule has 1 amide bonds. The van der Waals surface area contributed by atoms with Crippen molar-refractivity contribution in [3.8, 4) is 11.4 Å². The second-order valence-electron chi connectivity index (χ2n) is 5.24. The number of amides is 1. The Labute approximate surface area is 122 Å². The topological polar surface area (TPSA) is 84.7 Å². The normalized spacial score (nSPS) is 18.4. The summed E-state index contributed by atoms with van der Waals surface area (Å²) in [6.07, 6.45) is 1.98. The van der Waals surface area contributed by atoms with Crippen LogP contribution in [0.2, 0.25) is 0 Å². The molecule has 1 aromatic carbocycles. The zero-order chi connectivity index (χ0) is 14.7. The number of hydrogen-bond acceptors (Lipinski definition) is 5. The predicted molar refractivity (Wildman–Crippen MR) is 78.5 cm³/mol. The van der Waals surface area contributed by atoms with Crippen molar-refractivity contribution in [2.45, 2.75) is 12.8 Å². The second kappa shape index (κ2) is 6.01. The summed E-state index contributed by atoms with van der Waals surface area (Å²) in [5.41, 5.74) is 1.65. The molecule has 2 heterocycles. The summed E-state index contributed by atoms with van der Waals surface area (Å²) in [6.45, 7) is 1.75. The number of rotatable bonds is 3. The molecule has 0 spiro atoms. The van der Waals surface area contributed by atoms with Crippen molar-refractivity contribution in [2.75, 3.05) is 18.4 Å². The molecule has 1 aromatic heterocycles. The lowest BCUT2D eigenvalue weighted by Gasteiger charge is -2.21. The predicted octanol–water partition coefficient (Wildman–Crippen LogP) is 0.815. The van der Waals surface area contributed by atoms with Gasteiger partial charge in [-0.1, -0.05) is 12.1 Å². The molecule has 0 radical (unpaired) electrons. The Balaban J connectivity index is 1.74. The Hall–Kier alpha value is -2.28. The fourth-order valence-electron chi connectivity index (χ4n) is 2.53. The third-order valence-electron chi connectivity index (χ3n) is 3.68. The second-order valence-corrected chi connectivity index (χ2v) is 5.24. The van der Waals surface area contributed by atoms with Crippen molar-refractivity contribution in [1.29, 1.82) is 0 Å². The molecule has 1 saturated heterocycles. The number of carbonyl (C=O) groups is 1. The highest BCUT2D eigenvalue weighted by Crippen LogP contribution is 2.20. The van der Waals surface area contributed by atoms with Crippen molar-refractivity contribution in [2.24, 2.45) is 13.0 Å². The number of nitrogens with one attached hydrogen (secondary N) is 2. The first-order chi connectivity index (χ1) is 10.2. The van der Waals surface area contributed by atoms with Crippen LogP contribution in [-0.2, 0) is 11.8 Å². The molecule has 110 valence electrons. The van der Waals surface area contributed by atoms with E-state index in [-0.39, 0.29) is 11.8 Å². The first-order valence-electron chi connectivity index (χ1n) is 7.08. The van der Waals surface area contributed by atoms with Gasteiger partial charge < -0.3 is 10.6 Å². The average molecular weight is 286 g/mol. The third-order valence-corrected chi connectivity index (χ3v) is 3.68. The number of benzene rings is 1. The Morgan fingerprint density at radius 1 is 1.48 bits per heavy atom. The number of nitrogens with zero attached hydrogens (tertiary/aromatic N) is 4. The summed E-state index contributed by atoms with van der Waals surface area (Å²) in [5.74, 6) is 0.778. The fraction of sp³-hybridized carbons (Fsp3) is 0.429. The number of aromatic nitrogens is 4. The van der Waals surface area contributed by atoms with E-state index >= 15 is 0 Å².